The molecule has 1 aliphatic rings. The summed E-state index contributed by atoms with van der Waals surface area (Å²) >= 11 is 3.47. The van der Waals surface area contributed by atoms with Crippen molar-refractivity contribution in [3.05, 3.63) is 34.3 Å². The quantitative estimate of drug-likeness (QED) is 0.776. The van der Waals surface area contributed by atoms with E-state index in [2.05, 4.69) is 38.7 Å². The highest BCUT2D eigenvalue weighted by Crippen LogP contribution is 2.48. The summed E-state index contributed by atoms with van der Waals surface area (Å²) in [5, 5.41) is 14.1. The number of hydrogen-bond acceptors (Lipinski definition) is 2. The molecule has 0 radical (unpaired) electrons. The normalized spacial score (nSPS) is 16.1. The number of hydrogen-bond donors (Lipinski definition) is 3. The number of benzene rings is 1. The minimum Gasteiger partial charge on any atom is -0.395 e. The molecule has 0 aromatic heterocycles. The van der Waals surface area contributed by atoms with Crippen molar-refractivity contribution in [1.82, 2.24) is 10.6 Å². The van der Waals surface area contributed by atoms with Gasteiger partial charge in [0.25, 0.3) is 0 Å². The molecule has 3 N–H and O–H groups in total. The van der Waals surface area contributed by atoms with Gasteiger partial charge >= 0.3 is 6.03 Å². The Bertz CT molecular complexity index is 433. The summed E-state index contributed by atoms with van der Waals surface area (Å²) in [6, 6.07) is 8.02. The Hall–Kier alpha value is -1.07. The highest BCUT2D eigenvalue weighted by Gasteiger charge is 2.44. The van der Waals surface area contributed by atoms with Gasteiger partial charge in [-0.15, -0.1) is 0 Å². The first kappa shape index (κ1) is 13.4. The minimum absolute atomic E-state index is 0.0375. The van der Waals surface area contributed by atoms with E-state index < -0.39 is 0 Å². The lowest BCUT2D eigenvalue weighted by Crippen LogP contribution is -2.40. The molecule has 0 spiro atoms. The number of nitrogens with one attached hydrogen (secondary N) is 2. The Morgan fingerprint density at radius 2 is 2.17 bits per heavy atom. The topological polar surface area (TPSA) is 61.4 Å². The lowest BCUT2D eigenvalue weighted by molar-refractivity contribution is 0.233. The fourth-order valence-corrected chi connectivity index (χ4v) is 2.42. The predicted molar refractivity (Wildman–Crippen MR) is 73.5 cm³/mol. The zero-order valence-corrected chi connectivity index (χ0v) is 11.7. The highest BCUT2D eigenvalue weighted by molar-refractivity contribution is 9.10. The molecule has 1 aromatic rings. The van der Waals surface area contributed by atoms with E-state index in [4.69, 9.17) is 5.11 Å². The summed E-state index contributed by atoms with van der Waals surface area (Å²) in [6.45, 7) is 0.890. The maximum absolute atomic E-state index is 11.4. The third-order valence-corrected chi connectivity index (χ3v) is 3.77. The van der Waals surface area contributed by atoms with Crippen molar-refractivity contribution in [2.75, 3.05) is 19.7 Å². The third kappa shape index (κ3) is 3.23. The molecule has 5 heteroatoms. The van der Waals surface area contributed by atoms with Crippen LogP contribution in [0.15, 0.2) is 28.7 Å². The zero-order chi connectivity index (χ0) is 13.0. The summed E-state index contributed by atoms with van der Waals surface area (Å²) in [5.74, 6) is 0. The highest BCUT2D eigenvalue weighted by atomic mass is 79.9. The van der Waals surface area contributed by atoms with Crippen molar-refractivity contribution in [2.24, 2.45) is 0 Å². The van der Waals surface area contributed by atoms with Gasteiger partial charge in [0.15, 0.2) is 0 Å². The number of amides is 2. The fourth-order valence-electron chi connectivity index (χ4n) is 2.02. The van der Waals surface area contributed by atoms with Crippen molar-refractivity contribution < 1.29 is 9.90 Å². The van der Waals surface area contributed by atoms with Crippen LogP contribution in [0.1, 0.15) is 18.4 Å². The van der Waals surface area contributed by atoms with Crippen LogP contribution in [0.25, 0.3) is 0 Å². The molecule has 0 aliphatic heterocycles. The van der Waals surface area contributed by atoms with Gasteiger partial charge in [0.2, 0.25) is 0 Å². The summed E-state index contributed by atoms with van der Waals surface area (Å²) in [7, 11) is 0. The number of carbonyl (C=O) groups excluding carboxylic acids is 1. The molecule has 4 nitrogen and oxygen atoms in total. The molecular formula is C13H17BrN2O2. The number of rotatable bonds is 5. The van der Waals surface area contributed by atoms with Gasteiger partial charge in [-0.2, -0.15) is 0 Å². The fraction of sp³-hybridized carbons (Fsp3) is 0.462. The van der Waals surface area contributed by atoms with Gasteiger partial charge in [-0.05, 0) is 30.5 Å². The average molecular weight is 313 g/mol. The molecule has 0 atom stereocenters. The molecule has 2 rings (SSSR count). The predicted octanol–water partition coefficient (Wildman–Crippen LogP) is 1.77. The van der Waals surface area contributed by atoms with Gasteiger partial charge in [0, 0.05) is 23.0 Å². The van der Waals surface area contributed by atoms with Crippen molar-refractivity contribution in [3.8, 4) is 0 Å². The summed E-state index contributed by atoms with van der Waals surface area (Å²) in [6.07, 6.45) is 2.20. The maximum Gasteiger partial charge on any atom is 0.314 e. The van der Waals surface area contributed by atoms with Crippen LogP contribution in [0, 0.1) is 0 Å². The van der Waals surface area contributed by atoms with E-state index in [1.165, 1.54) is 5.56 Å². The molecule has 2 amide bonds. The van der Waals surface area contributed by atoms with Gasteiger partial charge in [0.05, 0.1) is 6.61 Å². The molecular weight excluding hydrogens is 296 g/mol. The lowest BCUT2D eigenvalue weighted by Gasteiger charge is -2.17. The van der Waals surface area contributed by atoms with Gasteiger partial charge < -0.3 is 15.7 Å². The SMILES string of the molecule is O=C(NCCO)NCC1(c2cccc(Br)c2)CC1. The molecule has 0 unspecified atom stereocenters. The Kier molecular flexibility index (Phi) is 4.24. The molecule has 1 aliphatic carbocycles. The van der Waals surface area contributed by atoms with E-state index in [0.29, 0.717) is 6.54 Å². The van der Waals surface area contributed by atoms with Crippen LogP contribution in [-0.2, 0) is 5.41 Å². The minimum atomic E-state index is -0.217. The van der Waals surface area contributed by atoms with Gasteiger partial charge in [-0.25, -0.2) is 4.79 Å². The van der Waals surface area contributed by atoms with E-state index in [9.17, 15) is 4.79 Å². The van der Waals surface area contributed by atoms with Crippen LogP contribution in [0.3, 0.4) is 0 Å². The van der Waals surface area contributed by atoms with Crippen LogP contribution in [0.2, 0.25) is 0 Å². The second kappa shape index (κ2) is 5.71. The second-order valence-corrected chi connectivity index (χ2v) is 5.54. The van der Waals surface area contributed by atoms with Crippen LogP contribution in [0.4, 0.5) is 4.79 Å². The number of aliphatic hydroxyl groups excluding tert-OH is 1. The monoisotopic (exact) mass is 312 g/mol. The summed E-state index contributed by atoms with van der Waals surface area (Å²) in [5.41, 5.74) is 1.36. The Morgan fingerprint density at radius 3 is 2.78 bits per heavy atom. The number of aliphatic hydroxyl groups is 1. The molecule has 18 heavy (non-hydrogen) atoms. The standard InChI is InChI=1S/C13H17BrN2O2/c14-11-3-1-2-10(8-11)13(4-5-13)9-16-12(18)15-6-7-17/h1-3,8,17H,4-7,9H2,(H2,15,16,18). The zero-order valence-electron chi connectivity index (χ0n) is 10.1. The Labute approximate surface area is 115 Å². The first-order valence-electron chi connectivity index (χ1n) is 6.05. The molecule has 0 bridgehead atoms. The van der Waals surface area contributed by atoms with Gasteiger partial charge in [-0.1, -0.05) is 28.1 Å². The van der Waals surface area contributed by atoms with Crippen molar-refractivity contribution in [3.63, 3.8) is 0 Å². The largest absolute Gasteiger partial charge is 0.395 e. The average Bonchev–Trinajstić information content (AvgIpc) is 3.15. The smallest absolute Gasteiger partial charge is 0.314 e. The van der Waals surface area contributed by atoms with Crippen LogP contribution in [-0.4, -0.2) is 30.8 Å². The van der Waals surface area contributed by atoms with Crippen molar-refractivity contribution in [2.45, 2.75) is 18.3 Å². The van der Waals surface area contributed by atoms with Crippen LogP contribution in [0.5, 0.6) is 0 Å². The Morgan fingerprint density at radius 1 is 1.39 bits per heavy atom. The number of halogens is 1. The Balaban J connectivity index is 1.91. The van der Waals surface area contributed by atoms with Gasteiger partial charge in [0.1, 0.15) is 0 Å². The van der Waals surface area contributed by atoms with E-state index in [1.54, 1.807) is 0 Å². The van der Waals surface area contributed by atoms with E-state index in [1.807, 2.05) is 12.1 Å². The van der Waals surface area contributed by atoms with Crippen LogP contribution < -0.4 is 10.6 Å². The first-order chi connectivity index (χ1) is 8.66. The summed E-state index contributed by atoms with van der Waals surface area (Å²) in [4.78, 5) is 11.4. The van der Waals surface area contributed by atoms with E-state index in [-0.39, 0.29) is 24.6 Å². The molecule has 1 saturated carbocycles. The van der Waals surface area contributed by atoms with Crippen LogP contribution >= 0.6 is 15.9 Å². The van der Waals surface area contributed by atoms with E-state index in [0.717, 1.165) is 17.3 Å². The van der Waals surface area contributed by atoms with Crippen molar-refractivity contribution in [1.29, 1.82) is 0 Å². The molecule has 1 aromatic carbocycles. The summed E-state index contributed by atoms with van der Waals surface area (Å²) < 4.78 is 1.07. The first-order valence-corrected chi connectivity index (χ1v) is 6.84. The van der Waals surface area contributed by atoms with Crippen molar-refractivity contribution >= 4 is 22.0 Å². The molecule has 98 valence electrons. The number of urea groups is 1. The second-order valence-electron chi connectivity index (χ2n) is 4.62. The maximum atomic E-state index is 11.4. The number of carbonyl (C=O) groups is 1. The third-order valence-electron chi connectivity index (χ3n) is 3.28. The molecule has 1 fully saturated rings. The molecule has 0 heterocycles. The van der Waals surface area contributed by atoms with Gasteiger partial charge in [-0.3, -0.25) is 0 Å². The van der Waals surface area contributed by atoms with E-state index >= 15 is 0 Å². The lowest BCUT2D eigenvalue weighted by atomic mass is 9.96. The molecule has 0 saturated heterocycles.